The van der Waals surface area contributed by atoms with Crippen molar-refractivity contribution in [3.05, 3.63) is 51.1 Å². The van der Waals surface area contributed by atoms with Gasteiger partial charge in [0.1, 0.15) is 5.82 Å². The molecular formula is C16H19BrN2. The Morgan fingerprint density at radius 2 is 1.53 bits per heavy atom. The van der Waals surface area contributed by atoms with Gasteiger partial charge in [-0.25, -0.2) is 4.98 Å². The summed E-state index contributed by atoms with van der Waals surface area (Å²) in [7, 11) is 2.06. The summed E-state index contributed by atoms with van der Waals surface area (Å²) >= 11 is 3.49. The molecule has 0 radical (unpaired) electrons. The minimum Gasteiger partial charge on any atom is -0.329 e. The van der Waals surface area contributed by atoms with Crippen molar-refractivity contribution < 1.29 is 0 Å². The Hall–Kier alpha value is -1.35. The van der Waals surface area contributed by atoms with Crippen molar-refractivity contribution in [2.75, 3.05) is 11.9 Å². The van der Waals surface area contributed by atoms with E-state index >= 15 is 0 Å². The Morgan fingerprint density at radius 3 is 2.16 bits per heavy atom. The first kappa shape index (κ1) is 14.1. The molecule has 2 nitrogen and oxygen atoms in total. The van der Waals surface area contributed by atoms with Gasteiger partial charge < -0.3 is 4.90 Å². The molecule has 1 aromatic heterocycles. The number of pyridine rings is 1. The maximum Gasteiger partial charge on any atom is 0.132 e. The number of nitrogens with zero attached hydrogens (tertiary/aromatic N) is 2. The summed E-state index contributed by atoms with van der Waals surface area (Å²) in [5, 5.41) is 0. The van der Waals surface area contributed by atoms with E-state index in [1.807, 2.05) is 6.20 Å². The van der Waals surface area contributed by atoms with E-state index in [0.29, 0.717) is 0 Å². The van der Waals surface area contributed by atoms with E-state index in [1.54, 1.807) is 0 Å². The van der Waals surface area contributed by atoms with E-state index in [4.69, 9.17) is 0 Å². The van der Waals surface area contributed by atoms with Gasteiger partial charge >= 0.3 is 0 Å². The van der Waals surface area contributed by atoms with Crippen LogP contribution in [0, 0.1) is 27.7 Å². The Kier molecular flexibility index (Phi) is 3.95. The first-order valence-corrected chi connectivity index (χ1v) is 7.13. The van der Waals surface area contributed by atoms with Crippen molar-refractivity contribution in [3.8, 4) is 0 Å². The minimum atomic E-state index is 0.965. The molecule has 100 valence electrons. The largest absolute Gasteiger partial charge is 0.329 e. The van der Waals surface area contributed by atoms with Gasteiger partial charge in [0.2, 0.25) is 0 Å². The fourth-order valence-corrected chi connectivity index (χ4v) is 2.35. The van der Waals surface area contributed by atoms with Crippen LogP contribution in [0.5, 0.6) is 0 Å². The van der Waals surface area contributed by atoms with Crippen LogP contribution in [0.2, 0.25) is 0 Å². The standard InChI is InChI=1S/C16H19BrN2/c1-10-6-13(4)15(7-11(10)2)19(5)16-8-12(3)14(17)9-18-16/h6-9H,1-5H3. The van der Waals surface area contributed by atoms with Crippen LogP contribution >= 0.6 is 15.9 Å². The zero-order valence-corrected chi connectivity index (χ0v) is 13.7. The number of aryl methyl sites for hydroxylation is 4. The highest BCUT2D eigenvalue weighted by Gasteiger charge is 2.10. The maximum atomic E-state index is 4.49. The topological polar surface area (TPSA) is 16.1 Å². The molecule has 0 aliphatic rings. The van der Waals surface area contributed by atoms with Gasteiger partial charge in [0.25, 0.3) is 0 Å². The van der Waals surface area contributed by atoms with Gasteiger partial charge in [0.15, 0.2) is 0 Å². The third-order valence-electron chi connectivity index (χ3n) is 3.55. The zero-order chi connectivity index (χ0) is 14.2. The van der Waals surface area contributed by atoms with Gasteiger partial charge in [-0.15, -0.1) is 0 Å². The lowest BCUT2D eigenvalue weighted by Crippen LogP contribution is -2.13. The quantitative estimate of drug-likeness (QED) is 0.787. The van der Waals surface area contributed by atoms with Crippen LogP contribution in [0.1, 0.15) is 22.3 Å². The van der Waals surface area contributed by atoms with Crippen LogP contribution in [-0.2, 0) is 0 Å². The van der Waals surface area contributed by atoms with E-state index in [0.717, 1.165) is 10.3 Å². The monoisotopic (exact) mass is 318 g/mol. The number of hydrogen-bond acceptors (Lipinski definition) is 2. The second-order valence-corrected chi connectivity index (χ2v) is 5.93. The third-order valence-corrected chi connectivity index (χ3v) is 4.38. The van der Waals surface area contributed by atoms with Crippen LogP contribution in [0.4, 0.5) is 11.5 Å². The number of hydrogen-bond donors (Lipinski definition) is 0. The summed E-state index contributed by atoms with van der Waals surface area (Å²) in [5.74, 6) is 0.965. The molecule has 1 aromatic carbocycles. The second-order valence-electron chi connectivity index (χ2n) is 5.07. The van der Waals surface area contributed by atoms with E-state index in [1.165, 1.54) is 27.9 Å². The van der Waals surface area contributed by atoms with E-state index in [-0.39, 0.29) is 0 Å². The van der Waals surface area contributed by atoms with Gasteiger partial charge in [0, 0.05) is 23.4 Å². The average Bonchev–Trinajstić information content (AvgIpc) is 2.36. The lowest BCUT2D eigenvalue weighted by Gasteiger charge is -2.22. The summed E-state index contributed by atoms with van der Waals surface area (Å²) in [6, 6.07) is 6.55. The molecular weight excluding hydrogens is 300 g/mol. The molecule has 19 heavy (non-hydrogen) atoms. The minimum absolute atomic E-state index is 0.965. The molecule has 0 amide bonds. The third kappa shape index (κ3) is 2.81. The molecule has 0 aliphatic carbocycles. The first-order chi connectivity index (χ1) is 8.90. The van der Waals surface area contributed by atoms with Gasteiger partial charge in [-0.2, -0.15) is 0 Å². The molecule has 0 bridgehead atoms. The summed E-state index contributed by atoms with van der Waals surface area (Å²) in [6.45, 7) is 8.51. The molecule has 0 saturated heterocycles. The SMILES string of the molecule is Cc1cc(C)c(N(C)c2cc(C)c(Br)cn2)cc1C. The van der Waals surface area contributed by atoms with Crippen molar-refractivity contribution in [3.63, 3.8) is 0 Å². The molecule has 0 N–H and O–H groups in total. The summed E-state index contributed by atoms with van der Waals surface area (Å²) in [4.78, 5) is 6.63. The van der Waals surface area contributed by atoms with Gasteiger partial charge in [0.05, 0.1) is 0 Å². The Labute approximate surface area is 123 Å². The fraction of sp³-hybridized carbons (Fsp3) is 0.312. The maximum absolute atomic E-state index is 4.49. The normalized spacial score (nSPS) is 10.6. The summed E-state index contributed by atoms with van der Waals surface area (Å²) < 4.78 is 1.04. The predicted octanol–water partition coefficient (Wildman–Crippen LogP) is 4.85. The highest BCUT2D eigenvalue weighted by molar-refractivity contribution is 9.10. The van der Waals surface area contributed by atoms with Gasteiger partial charge in [-0.05, 0) is 78.0 Å². The fourth-order valence-electron chi connectivity index (χ4n) is 2.14. The van der Waals surface area contributed by atoms with Crippen LogP contribution in [0.25, 0.3) is 0 Å². The molecule has 2 rings (SSSR count). The molecule has 1 heterocycles. The first-order valence-electron chi connectivity index (χ1n) is 6.34. The van der Waals surface area contributed by atoms with Crippen molar-refractivity contribution >= 4 is 27.4 Å². The number of halogens is 1. The lowest BCUT2D eigenvalue weighted by molar-refractivity contribution is 1.09. The summed E-state index contributed by atoms with van der Waals surface area (Å²) in [6.07, 6.45) is 1.86. The predicted molar refractivity (Wildman–Crippen MR) is 85.4 cm³/mol. The van der Waals surface area contributed by atoms with E-state index in [2.05, 4.69) is 78.8 Å². The summed E-state index contributed by atoms with van der Waals surface area (Å²) in [5.41, 5.74) is 6.31. The van der Waals surface area contributed by atoms with Crippen LogP contribution in [-0.4, -0.2) is 12.0 Å². The zero-order valence-electron chi connectivity index (χ0n) is 12.1. The molecule has 0 unspecified atom stereocenters. The number of aromatic nitrogens is 1. The highest BCUT2D eigenvalue weighted by atomic mass is 79.9. The van der Waals surface area contributed by atoms with Crippen molar-refractivity contribution in [2.24, 2.45) is 0 Å². The van der Waals surface area contributed by atoms with Crippen LogP contribution < -0.4 is 4.90 Å². The highest BCUT2D eigenvalue weighted by Crippen LogP contribution is 2.29. The molecule has 2 aromatic rings. The smallest absolute Gasteiger partial charge is 0.132 e. The molecule has 0 atom stereocenters. The Bertz CT molecular complexity index is 620. The Balaban J connectivity index is 2.46. The van der Waals surface area contributed by atoms with Gasteiger partial charge in [-0.1, -0.05) is 6.07 Å². The Morgan fingerprint density at radius 1 is 0.895 bits per heavy atom. The number of anilines is 2. The van der Waals surface area contributed by atoms with Crippen LogP contribution in [0.15, 0.2) is 28.9 Å². The number of benzene rings is 1. The number of rotatable bonds is 2. The van der Waals surface area contributed by atoms with Crippen molar-refractivity contribution in [1.29, 1.82) is 0 Å². The van der Waals surface area contributed by atoms with E-state index < -0.39 is 0 Å². The van der Waals surface area contributed by atoms with Crippen LogP contribution in [0.3, 0.4) is 0 Å². The van der Waals surface area contributed by atoms with Gasteiger partial charge in [-0.3, -0.25) is 0 Å². The second kappa shape index (κ2) is 5.33. The molecule has 0 saturated carbocycles. The molecule has 0 aliphatic heterocycles. The molecule has 0 fully saturated rings. The van der Waals surface area contributed by atoms with Crippen molar-refractivity contribution in [1.82, 2.24) is 4.98 Å². The van der Waals surface area contributed by atoms with E-state index in [9.17, 15) is 0 Å². The average molecular weight is 319 g/mol. The molecule has 0 spiro atoms. The molecule has 3 heteroatoms. The lowest BCUT2D eigenvalue weighted by atomic mass is 10.0. The van der Waals surface area contributed by atoms with Crippen molar-refractivity contribution in [2.45, 2.75) is 27.7 Å².